The summed E-state index contributed by atoms with van der Waals surface area (Å²) in [7, 11) is 1.55. The Hall–Kier alpha value is -4.24. The van der Waals surface area contributed by atoms with Crippen LogP contribution in [0.1, 0.15) is 11.6 Å². The van der Waals surface area contributed by atoms with Crippen LogP contribution in [0.2, 0.25) is 0 Å². The zero-order valence-corrected chi connectivity index (χ0v) is 17.5. The van der Waals surface area contributed by atoms with Crippen molar-refractivity contribution in [2.45, 2.75) is 12.1 Å². The van der Waals surface area contributed by atoms with Gasteiger partial charge in [-0.05, 0) is 30.3 Å². The van der Waals surface area contributed by atoms with Gasteiger partial charge in [0.1, 0.15) is 11.7 Å². The van der Waals surface area contributed by atoms with Crippen molar-refractivity contribution in [1.29, 1.82) is 0 Å². The smallest absolute Gasteiger partial charge is 0.269 e. The van der Waals surface area contributed by atoms with Gasteiger partial charge < -0.3 is 4.74 Å². The second-order valence-corrected chi connectivity index (χ2v) is 7.69. The largest absolute Gasteiger partial charge is 0.496 e. The van der Waals surface area contributed by atoms with E-state index in [-0.39, 0.29) is 11.4 Å². The van der Waals surface area contributed by atoms with Crippen LogP contribution in [0.4, 0.5) is 17.1 Å². The fourth-order valence-corrected chi connectivity index (χ4v) is 4.42. The van der Waals surface area contributed by atoms with Gasteiger partial charge in [-0.25, -0.2) is 9.96 Å². The van der Waals surface area contributed by atoms with Gasteiger partial charge in [-0.3, -0.25) is 24.5 Å². The highest BCUT2D eigenvalue weighted by molar-refractivity contribution is 6.24. The summed E-state index contributed by atoms with van der Waals surface area (Å²) in [4.78, 5) is 44.5. The van der Waals surface area contributed by atoms with Crippen LogP contribution in [0.5, 0.6) is 5.75 Å². The van der Waals surface area contributed by atoms with Gasteiger partial charge in [0.2, 0.25) is 5.91 Å². The summed E-state index contributed by atoms with van der Waals surface area (Å²) in [6.45, 7) is 0. The number of para-hydroxylation sites is 2. The van der Waals surface area contributed by atoms with E-state index in [2.05, 4.69) is 0 Å². The number of nitro benzene ring substituents is 1. The van der Waals surface area contributed by atoms with Crippen LogP contribution in [0.25, 0.3) is 0 Å². The molecule has 5 rings (SSSR count). The number of fused-ring (bicyclic) bond motifs is 1. The van der Waals surface area contributed by atoms with E-state index in [0.29, 0.717) is 17.0 Å². The first kappa shape index (κ1) is 20.7. The summed E-state index contributed by atoms with van der Waals surface area (Å²) in [6, 6.07) is 21.2. The molecule has 9 nitrogen and oxygen atoms in total. The molecular weight excluding hydrogens is 426 g/mol. The molecule has 3 aromatic rings. The van der Waals surface area contributed by atoms with Crippen LogP contribution in [0.3, 0.4) is 0 Å². The summed E-state index contributed by atoms with van der Waals surface area (Å²) in [5.74, 6) is -1.21. The maximum absolute atomic E-state index is 13.6. The van der Waals surface area contributed by atoms with Crippen LogP contribution in [0.15, 0.2) is 78.9 Å². The van der Waals surface area contributed by atoms with Crippen LogP contribution in [0, 0.1) is 16.0 Å². The molecule has 33 heavy (non-hydrogen) atoms. The fraction of sp³-hybridized carbons (Fsp3) is 0.167. The van der Waals surface area contributed by atoms with Crippen LogP contribution < -0.4 is 14.7 Å². The number of anilines is 2. The van der Waals surface area contributed by atoms with Crippen molar-refractivity contribution in [3.05, 3.63) is 94.5 Å². The number of nitrogens with zero attached hydrogens (tertiary/aromatic N) is 3. The predicted molar refractivity (Wildman–Crippen MR) is 119 cm³/mol. The van der Waals surface area contributed by atoms with Crippen molar-refractivity contribution in [2.75, 3.05) is 17.1 Å². The molecule has 3 atom stereocenters. The minimum absolute atomic E-state index is 0.128. The molecule has 0 radical (unpaired) electrons. The van der Waals surface area contributed by atoms with E-state index in [1.807, 2.05) is 48.5 Å². The number of non-ortho nitro benzene ring substituents is 1. The normalized spacial score (nSPS) is 21.9. The second-order valence-electron chi connectivity index (χ2n) is 7.69. The number of hydrogen-bond donors (Lipinski definition) is 0. The summed E-state index contributed by atoms with van der Waals surface area (Å²) in [5, 5.41) is 12.6. The Morgan fingerprint density at radius 2 is 1.55 bits per heavy atom. The summed E-state index contributed by atoms with van der Waals surface area (Å²) in [6.07, 6.45) is -1.04. The molecular formula is C24H19N3O6. The molecule has 166 valence electrons. The van der Waals surface area contributed by atoms with Crippen molar-refractivity contribution in [3.63, 3.8) is 0 Å². The van der Waals surface area contributed by atoms with Gasteiger partial charge in [0.15, 0.2) is 6.10 Å². The van der Waals surface area contributed by atoms with E-state index in [4.69, 9.17) is 9.57 Å². The lowest BCUT2D eigenvalue weighted by Crippen LogP contribution is -2.37. The maximum atomic E-state index is 13.6. The van der Waals surface area contributed by atoms with E-state index in [1.54, 1.807) is 18.2 Å². The number of benzene rings is 3. The number of imide groups is 1. The lowest BCUT2D eigenvalue weighted by Gasteiger charge is -2.29. The minimum Gasteiger partial charge on any atom is -0.496 e. The molecule has 2 aliphatic heterocycles. The number of hydrogen-bond acceptors (Lipinski definition) is 7. The summed E-state index contributed by atoms with van der Waals surface area (Å²) < 4.78 is 5.54. The Balaban J connectivity index is 1.58. The Morgan fingerprint density at radius 1 is 0.879 bits per heavy atom. The van der Waals surface area contributed by atoms with Crippen LogP contribution in [-0.2, 0) is 14.4 Å². The molecule has 2 aliphatic rings. The SMILES string of the molecule is COc1ccccc1[C@@H]1[C@@H]2C(=O)N(c3ccc([N+](=O)[O-])cc3)C(=O)[C@H]2ON1c1ccccc1. The quantitative estimate of drug-likeness (QED) is 0.336. The number of carbonyl (C=O) groups is 2. The molecule has 0 aromatic heterocycles. The Bertz CT molecular complexity index is 1230. The number of nitro groups is 1. The summed E-state index contributed by atoms with van der Waals surface area (Å²) in [5.41, 5.74) is 1.54. The molecule has 0 saturated carbocycles. The third kappa shape index (κ3) is 3.30. The molecule has 2 fully saturated rings. The van der Waals surface area contributed by atoms with Crippen molar-refractivity contribution >= 4 is 28.9 Å². The van der Waals surface area contributed by atoms with E-state index in [9.17, 15) is 19.7 Å². The fourth-order valence-electron chi connectivity index (χ4n) is 4.42. The molecule has 0 spiro atoms. The van der Waals surface area contributed by atoms with Gasteiger partial charge in [0.25, 0.3) is 11.6 Å². The van der Waals surface area contributed by atoms with E-state index >= 15 is 0 Å². The standard InChI is InChI=1S/C24H19N3O6/c1-32-19-10-6-5-9-18(19)21-20-22(33-26(21)16-7-3-2-4-8-16)24(29)25(23(20)28)15-11-13-17(14-12-15)27(30)31/h2-14,20-22H,1H3/t20-,21+,22-/m0/s1. The monoisotopic (exact) mass is 445 g/mol. The lowest BCUT2D eigenvalue weighted by atomic mass is 9.90. The third-order valence-corrected chi connectivity index (χ3v) is 5.90. The molecule has 2 saturated heterocycles. The number of amides is 2. The zero-order valence-electron chi connectivity index (χ0n) is 17.5. The zero-order chi connectivity index (χ0) is 23.1. The van der Waals surface area contributed by atoms with Crippen molar-refractivity contribution in [1.82, 2.24) is 0 Å². The van der Waals surface area contributed by atoms with Gasteiger partial charge in [0, 0.05) is 17.7 Å². The Kier molecular flexibility index (Phi) is 5.02. The molecule has 0 bridgehead atoms. The maximum Gasteiger partial charge on any atom is 0.269 e. The number of rotatable bonds is 5. The topological polar surface area (TPSA) is 102 Å². The molecule has 0 aliphatic carbocycles. The van der Waals surface area contributed by atoms with Crippen molar-refractivity contribution in [2.24, 2.45) is 5.92 Å². The third-order valence-electron chi connectivity index (χ3n) is 5.90. The van der Waals surface area contributed by atoms with Gasteiger partial charge >= 0.3 is 0 Å². The Labute approximate surface area is 188 Å². The van der Waals surface area contributed by atoms with Gasteiger partial charge in [-0.1, -0.05) is 36.4 Å². The van der Waals surface area contributed by atoms with Crippen LogP contribution >= 0.6 is 0 Å². The molecule has 3 aromatic carbocycles. The second kappa shape index (κ2) is 8.03. The van der Waals surface area contributed by atoms with Gasteiger partial charge in [-0.2, -0.15) is 0 Å². The first-order chi connectivity index (χ1) is 16.0. The summed E-state index contributed by atoms with van der Waals surface area (Å²) >= 11 is 0. The van der Waals surface area contributed by atoms with Crippen molar-refractivity contribution in [3.8, 4) is 5.75 Å². The average Bonchev–Trinajstić information content (AvgIpc) is 3.35. The molecule has 2 heterocycles. The first-order valence-corrected chi connectivity index (χ1v) is 10.3. The van der Waals surface area contributed by atoms with Gasteiger partial charge in [0.05, 0.1) is 29.4 Å². The number of carbonyl (C=O) groups excluding carboxylic acids is 2. The minimum atomic E-state index is -1.04. The van der Waals surface area contributed by atoms with Gasteiger partial charge in [-0.15, -0.1) is 0 Å². The van der Waals surface area contributed by atoms with Crippen LogP contribution in [-0.4, -0.2) is 30.0 Å². The van der Waals surface area contributed by atoms with E-state index in [1.165, 1.54) is 24.3 Å². The first-order valence-electron chi connectivity index (χ1n) is 10.3. The highest BCUT2D eigenvalue weighted by Crippen LogP contribution is 2.49. The number of methoxy groups -OCH3 is 1. The van der Waals surface area contributed by atoms with Crippen molar-refractivity contribution < 1.29 is 24.1 Å². The average molecular weight is 445 g/mol. The highest BCUT2D eigenvalue weighted by Gasteiger charge is 2.60. The molecule has 9 heteroatoms. The molecule has 0 N–H and O–H groups in total. The van der Waals surface area contributed by atoms with E-state index in [0.717, 1.165) is 4.90 Å². The highest BCUT2D eigenvalue weighted by atomic mass is 16.7. The number of ether oxygens (including phenoxy) is 1. The molecule has 0 unspecified atom stereocenters. The Morgan fingerprint density at radius 3 is 2.21 bits per heavy atom. The lowest BCUT2D eigenvalue weighted by molar-refractivity contribution is -0.384. The van der Waals surface area contributed by atoms with E-state index < -0.39 is 34.8 Å². The predicted octanol–water partition coefficient (Wildman–Crippen LogP) is 3.65. The molecule has 2 amide bonds. The number of hydroxylamine groups is 1.